The van der Waals surface area contributed by atoms with Gasteiger partial charge in [-0.15, -0.1) is 0 Å². The zero-order valence-corrected chi connectivity index (χ0v) is 10.6. The van der Waals surface area contributed by atoms with Crippen molar-refractivity contribution in [2.24, 2.45) is 0 Å². The van der Waals surface area contributed by atoms with Crippen LogP contribution in [0, 0.1) is 0 Å². The van der Waals surface area contributed by atoms with Gasteiger partial charge in [-0.25, -0.2) is 4.98 Å². The Morgan fingerprint density at radius 3 is 3.16 bits per heavy atom. The molecule has 0 bridgehead atoms. The van der Waals surface area contributed by atoms with Gasteiger partial charge in [-0.3, -0.25) is 13.8 Å². The van der Waals surface area contributed by atoms with E-state index in [0.717, 1.165) is 25.7 Å². The minimum atomic E-state index is -0.0847. The Morgan fingerprint density at radius 1 is 1.42 bits per heavy atom. The van der Waals surface area contributed by atoms with Gasteiger partial charge in [-0.05, 0) is 25.7 Å². The van der Waals surface area contributed by atoms with Gasteiger partial charge in [-0.2, -0.15) is 0 Å². The summed E-state index contributed by atoms with van der Waals surface area (Å²) in [7, 11) is 0. The zero-order chi connectivity index (χ0) is 13.2. The van der Waals surface area contributed by atoms with Gasteiger partial charge in [0.05, 0.1) is 6.10 Å². The molecule has 1 fully saturated rings. The summed E-state index contributed by atoms with van der Waals surface area (Å²) in [5, 5.41) is 8.84. The predicted octanol–water partition coefficient (Wildman–Crippen LogP) is 0.946. The van der Waals surface area contributed by atoms with Gasteiger partial charge in [0.1, 0.15) is 6.23 Å². The van der Waals surface area contributed by atoms with E-state index in [1.165, 1.54) is 10.5 Å². The van der Waals surface area contributed by atoms with Gasteiger partial charge in [-0.1, -0.05) is 0 Å². The first-order valence-corrected chi connectivity index (χ1v) is 6.60. The van der Waals surface area contributed by atoms with Crippen molar-refractivity contribution in [3.05, 3.63) is 35.0 Å². The quantitative estimate of drug-likeness (QED) is 0.891. The van der Waals surface area contributed by atoms with Crippen molar-refractivity contribution in [2.45, 2.75) is 38.0 Å². The average Bonchev–Trinajstić information content (AvgIpc) is 3.06. The maximum atomic E-state index is 11.7. The van der Waals surface area contributed by atoms with E-state index >= 15 is 0 Å². The van der Waals surface area contributed by atoms with Gasteiger partial charge >= 0.3 is 0 Å². The Kier molecular flexibility index (Phi) is 3.35. The standard InChI is InChI=1S/C13H17N3O3/c17-9-1-2-10-3-4-12(19-10)16-7-5-11(18)15-8-6-14-13(15)16/h5-8,10,12,17H,1-4,9H2. The molecule has 102 valence electrons. The van der Waals surface area contributed by atoms with Crippen LogP contribution in [-0.2, 0) is 4.74 Å². The molecule has 3 heterocycles. The second-order valence-electron chi connectivity index (χ2n) is 4.81. The van der Waals surface area contributed by atoms with Crippen LogP contribution in [-0.4, -0.2) is 31.8 Å². The molecule has 0 aromatic carbocycles. The molecule has 6 nitrogen and oxygen atoms in total. The number of aliphatic hydroxyl groups excluding tert-OH is 1. The van der Waals surface area contributed by atoms with E-state index in [0.29, 0.717) is 5.78 Å². The van der Waals surface area contributed by atoms with Crippen LogP contribution in [0.5, 0.6) is 0 Å². The second-order valence-corrected chi connectivity index (χ2v) is 4.81. The van der Waals surface area contributed by atoms with E-state index in [2.05, 4.69) is 4.98 Å². The molecule has 0 radical (unpaired) electrons. The minimum absolute atomic E-state index is 0.0748. The first kappa shape index (κ1) is 12.4. The Hall–Kier alpha value is -1.66. The number of nitrogens with zero attached hydrogens (tertiary/aromatic N) is 3. The molecule has 1 N–H and O–H groups in total. The van der Waals surface area contributed by atoms with Crippen LogP contribution in [0.15, 0.2) is 29.5 Å². The van der Waals surface area contributed by atoms with Gasteiger partial charge in [0, 0.05) is 31.3 Å². The third-order valence-corrected chi connectivity index (χ3v) is 3.55. The lowest BCUT2D eigenvalue weighted by Crippen LogP contribution is -2.19. The van der Waals surface area contributed by atoms with Crippen molar-refractivity contribution < 1.29 is 9.84 Å². The fraction of sp³-hybridized carbons (Fsp3) is 0.538. The fourth-order valence-electron chi connectivity index (χ4n) is 2.60. The molecule has 0 spiro atoms. The van der Waals surface area contributed by atoms with E-state index in [-0.39, 0.29) is 24.5 Å². The van der Waals surface area contributed by atoms with Crippen LogP contribution in [0.1, 0.15) is 31.9 Å². The summed E-state index contributed by atoms with van der Waals surface area (Å²) in [4.78, 5) is 15.9. The molecular formula is C13H17N3O3. The number of rotatable bonds is 4. The van der Waals surface area contributed by atoms with E-state index in [1.807, 2.05) is 4.57 Å². The molecule has 3 rings (SSSR count). The molecule has 0 saturated carbocycles. The largest absolute Gasteiger partial charge is 0.396 e. The summed E-state index contributed by atoms with van der Waals surface area (Å²) in [6.45, 7) is 0.201. The van der Waals surface area contributed by atoms with Crippen molar-refractivity contribution in [3.63, 3.8) is 0 Å². The van der Waals surface area contributed by atoms with Crippen LogP contribution in [0.25, 0.3) is 5.78 Å². The van der Waals surface area contributed by atoms with E-state index in [1.54, 1.807) is 18.6 Å². The molecule has 2 atom stereocenters. The molecule has 2 unspecified atom stereocenters. The number of fused-ring (bicyclic) bond motifs is 1. The van der Waals surface area contributed by atoms with Gasteiger partial charge in [0.2, 0.25) is 5.78 Å². The third kappa shape index (κ3) is 2.29. The SMILES string of the molecule is O=c1ccn(C2CCC(CCCO)O2)c2nccn12. The van der Waals surface area contributed by atoms with Crippen LogP contribution in [0.2, 0.25) is 0 Å². The van der Waals surface area contributed by atoms with Crippen LogP contribution in [0.4, 0.5) is 0 Å². The third-order valence-electron chi connectivity index (χ3n) is 3.55. The summed E-state index contributed by atoms with van der Waals surface area (Å²) in [5.74, 6) is 0.611. The maximum Gasteiger partial charge on any atom is 0.258 e. The molecule has 0 aliphatic carbocycles. The molecule has 1 saturated heterocycles. The topological polar surface area (TPSA) is 68.8 Å². The zero-order valence-electron chi connectivity index (χ0n) is 10.6. The highest BCUT2D eigenvalue weighted by molar-refractivity contribution is 5.29. The number of aromatic nitrogens is 3. The molecule has 1 aliphatic rings. The van der Waals surface area contributed by atoms with Crippen LogP contribution >= 0.6 is 0 Å². The lowest BCUT2D eigenvalue weighted by atomic mass is 10.1. The molecular weight excluding hydrogens is 246 g/mol. The van der Waals surface area contributed by atoms with E-state index < -0.39 is 0 Å². The van der Waals surface area contributed by atoms with Crippen molar-refractivity contribution >= 4 is 5.78 Å². The summed E-state index contributed by atoms with van der Waals surface area (Å²) in [6, 6.07) is 1.53. The smallest absolute Gasteiger partial charge is 0.258 e. The Bertz CT molecular complexity index is 619. The number of ether oxygens (including phenoxy) is 1. The Morgan fingerprint density at radius 2 is 2.32 bits per heavy atom. The van der Waals surface area contributed by atoms with Gasteiger partial charge in [0.15, 0.2) is 0 Å². The number of hydrogen-bond acceptors (Lipinski definition) is 4. The van der Waals surface area contributed by atoms with E-state index in [4.69, 9.17) is 9.84 Å². The lowest BCUT2D eigenvalue weighted by molar-refractivity contribution is -0.00242. The van der Waals surface area contributed by atoms with Crippen LogP contribution < -0.4 is 5.56 Å². The number of imidazole rings is 1. The molecule has 2 aromatic heterocycles. The second kappa shape index (κ2) is 5.14. The fourth-order valence-corrected chi connectivity index (χ4v) is 2.60. The summed E-state index contributed by atoms with van der Waals surface area (Å²) >= 11 is 0. The summed E-state index contributed by atoms with van der Waals surface area (Å²) < 4.78 is 9.38. The van der Waals surface area contributed by atoms with Gasteiger partial charge in [0.25, 0.3) is 5.56 Å². The summed E-state index contributed by atoms with van der Waals surface area (Å²) in [5.41, 5.74) is -0.0847. The maximum absolute atomic E-state index is 11.7. The minimum Gasteiger partial charge on any atom is -0.396 e. The summed E-state index contributed by atoms with van der Waals surface area (Å²) in [6.07, 6.45) is 8.64. The Balaban J connectivity index is 1.84. The highest BCUT2D eigenvalue weighted by atomic mass is 16.5. The number of aliphatic hydroxyl groups is 1. The highest BCUT2D eigenvalue weighted by Crippen LogP contribution is 2.30. The van der Waals surface area contributed by atoms with Crippen molar-refractivity contribution in [3.8, 4) is 0 Å². The predicted molar refractivity (Wildman–Crippen MR) is 68.9 cm³/mol. The first-order chi connectivity index (χ1) is 9.29. The number of hydrogen-bond donors (Lipinski definition) is 1. The van der Waals surface area contributed by atoms with Crippen LogP contribution in [0.3, 0.4) is 0 Å². The molecule has 1 aliphatic heterocycles. The van der Waals surface area contributed by atoms with Crippen molar-refractivity contribution in [1.82, 2.24) is 14.0 Å². The molecule has 0 amide bonds. The normalized spacial score (nSPS) is 23.2. The molecule has 19 heavy (non-hydrogen) atoms. The average molecular weight is 263 g/mol. The molecule has 2 aromatic rings. The molecule has 6 heteroatoms. The van der Waals surface area contributed by atoms with Gasteiger partial charge < -0.3 is 9.84 Å². The van der Waals surface area contributed by atoms with Crippen molar-refractivity contribution in [1.29, 1.82) is 0 Å². The first-order valence-electron chi connectivity index (χ1n) is 6.60. The lowest BCUT2D eigenvalue weighted by Gasteiger charge is -2.17. The van der Waals surface area contributed by atoms with Crippen molar-refractivity contribution in [2.75, 3.05) is 6.61 Å². The monoisotopic (exact) mass is 263 g/mol. The van der Waals surface area contributed by atoms with E-state index in [9.17, 15) is 4.79 Å². The Labute approximate surface area is 110 Å². The highest BCUT2D eigenvalue weighted by Gasteiger charge is 2.26.